The molecule has 3 heteroatoms. The summed E-state index contributed by atoms with van der Waals surface area (Å²) in [5, 5.41) is 6.28. The van der Waals surface area contributed by atoms with Gasteiger partial charge < -0.3 is 10.6 Å². The van der Waals surface area contributed by atoms with Gasteiger partial charge >= 0.3 is 0 Å². The van der Waals surface area contributed by atoms with E-state index in [-0.39, 0.29) is 5.91 Å². The monoisotopic (exact) mass is 260 g/mol. The molecule has 0 heterocycles. The number of carbonyl (C=O) groups is 1. The van der Waals surface area contributed by atoms with Crippen molar-refractivity contribution >= 4 is 5.91 Å². The molecule has 1 amide bonds. The third-order valence-corrected chi connectivity index (χ3v) is 3.83. The van der Waals surface area contributed by atoms with E-state index >= 15 is 0 Å². The lowest BCUT2D eigenvalue weighted by molar-refractivity contribution is -0.120. The molecule has 1 saturated carbocycles. The molecule has 1 aliphatic rings. The van der Waals surface area contributed by atoms with E-state index in [4.69, 9.17) is 0 Å². The topological polar surface area (TPSA) is 41.1 Å². The first-order valence-electron chi connectivity index (χ1n) is 7.36. The molecular formula is C16H24N2O. The van der Waals surface area contributed by atoms with Gasteiger partial charge in [-0.05, 0) is 30.4 Å². The summed E-state index contributed by atoms with van der Waals surface area (Å²) in [7, 11) is 0. The molecule has 0 radical (unpaired) electrons. The fourth-order valence-electron chi connectivity index (χ4n) is 2.52. The third-order valence-electron chi connectivity index (χ3n) is 3.83. The number of hydrogen-bond donors (Lipinski definition) is 2. The zero-order valence-electron chi connectivity index (χ0n) is 11.7. The molecule has 0 aliphatic heterocycles. The number of benzene rings is 1. The van der Waals surface area contributed by atoms with Crippen LogP contribution in [0.2, 0.25) is 0 Å². The van der Waals surface area contributed by atoms with E-state index in [0.717, 1.165) is 12.0 Å². The second-order valence-electron chi connectivity index (χ2n) is 5.31. The summed E-state index contributed by atoms with van der Waals surface area (Å²) in [6.45, 7) is 3.21. The van der Waals surface area contributed by atoms with Crippen molar-refractivity contribution in [2.45, 2.75) is 51.6 Å². The summed E-state index contributed by atoms with van der Waals surface area (Å²) < 4.78 is 0. The van der Waals surface area contributed by atoms with Gasteiger partial charge in [0.15, 0.2) is 0 Å². The molecule has 2 N–H and O–H groups in total. The Morgan fingerprint density at radius 1 is 1.16 bits per heavy atom. The Kier molecular flexibility index (Phi) is 5.40. The molecule has 3 nitrogen and oxygen atoms in total. The van der Waals surface area contributed by atoms with Crippen LogP contribution >= 0.6 is 0 Å². The second-order valence-corrected chi connectivity index (χ2v) is 5.31. The third kappa shape index (κ3) is 4.67. The number of amides is 1. The number of rotatable bonds is 6. The Balaban J connectivity index is 1.67. The maximum atomic E-state index is 11.7. The molecule has 19 heavy (non-hydrogen) atoms. The van der Waals surface area contributed by atoms with Crippen LogP contribution in [0.3, 0.4) is 0 Å². The molecule has 0 aromatic heterocycles. The fourth-order valence-corrected chi connectivity index (χ4v) is 2.52. The van der Waals surface area contributed by atoms with Crippen LogP contribution < -0.4 is 10.6 Å². The fraction of sp³-hybridized carbons (Fsp3) is 0.562. The van der Waals surface area contributed by atoms with Gasteiger partial charge in [-0.15, -0.1) is 0 Å². The van der Waals surface area contributed by atoms with Gasteiger partial charge in [-0.2, -0.15) is 0 Å². The molecule has 1 aromatic rings. The lowest BCUT2D eigenvalue weighted by Gasteiger charge is -2.11. The van der Waals surface area contributed by atoms with Crippen LogP contribution in [0, 0.1) is 0 Å². The summed E-state index contributed by atoms with van der Waals surface area (Å²) in [6, 6.07) is 8.97. The Bertz CT molecular complexity index is 394. The zero-order valence-corrected chi connectivity index (χ0v) is 11.7. The first-order valence-corrected chi connectivity index (χ1v) is 7.36. The van der Waals surface area contributed by atoms with Crippen molar-refractivity contribution in [1.29, 1.82) is 0 Å². The average molecular weight is 260 g/mol. The number of hydrogen-bond acceptors (Lipinski definition) is 2. The molecule has 2 rings (SSSR count). The molecule has 0 saturated heterocycles. The van der Waals surface area contributed by atoms with Crippen LogP contribution in [0.5, 0.6) is 0 Å². The molecule has 0 atom stereocenters. The summed E-state index contributed by atoms with van der Waals surface area (Å²) >= 11 is 0. The van der Waals surface area contributed by atoms with Crippen LogP contribution in [-0.4, -0.2) is 18.5 Å². The maximum absolute atomic E-state index is 11.7. The van der Waals surface area contributed by atoms with Gasteiger partial charge in [0, 0.05) is 12.6 Å². The average Bonchev–Trinajstić information content (AvgIpc) is 2.96. The van der Waals surface area contributed by atoms with Gasteiger partial charge in [-0.1, -0.05) is 44.0 Å². The van der Waals surface area contributed by atoms with E-state index in [1.54, 1.807) is 0 Å². The van der Waals surface area contributed by atoms with E-state index in [1.807, 2.05) is 0 Å². The minimum atomic E-state index is 0.0893. The largest absolute Gasteiger partial charge is 0.351 e. The number of nitrogens with one attached hydrogen (secondary N) is 2. The van der Waals surface area contributed by atoms with Gasteiger partial charge in [0.25, 0.3) is 0 Å². The standard InChI is InChI=1S/C16H24N2O/c1-2-13-7-9-14(10-8-13)11-18-16(19)12-17-15-5-3-4-6-15/h7-10,15,17H,2-6,11-12H2,1H3,(H,18,19). The van der Waals surface area contributed by atoms with E-state index in [9.17, 15) is 4.79 Å². The molecular weight excluding hydrogens is 236 g/mol. The molecule has 1 aromatic carbocycles. The van der Waals surface area contributed by atoms with Crippen molar-refractivity contribution < 1.29 is 4.79 Å². The highest BCUT2D eigenvalue weighted by Crippen LogP contribution is 2.17. The Hall–Kier alpha value is -1.35. The molecule has 0 bridgehead atoms. The summed E-state index contributed by atoms with van der Waals surface area (Å²) in [5.41, 5.74) is 2.49. The van der Waals surface area contributed by atoms with Gasteiger partial charge in [-0.25, -0.2) is 0 Å². The number of aryl methyl sites for hydroxylation is 1. The smallest absolute Gasteiger partial charge is 0.234 e. The highest BCUT2D eigenvalue weighted by atomic mass is 16.1. The molecule has 0 spiro atoms. The minimum absolute atomic E-state index is 0.0893. The Labute approximate surface area is 115 Å². The van der Waals surface area contributed by atoms with Gasteiger partial charge in [0.2, 0.25) is 5.91 Å². The van der Waals surface area contributed by atoms with Crippen LogP contribution in [0.1, 0.15) is 43.7 Å². The zero-order chi connectivity index (χ0) is 13.5. The van der Waals surface area contributed by atoms with Crippen molar-refractivity contribution in [3.8, 4) is 0 Å². The van der Waals surface area contributed by atoms with Gasteiger partial charge in [0.1, 0.15) is 0 Å². The van der Waals surface area contributed by atoms with Crippen molar-refractivity contribution in [3.05, 3.63) is 35.4 Å². The van der Waals surface area contributed by atoms with E-state index in [1.165, 1.54) is 31.2 Å². The lowest BCUT2D eigenvalue weighted by atomic mass is 10.1. The Morgan fingerprint density at radius 3 is 2.42 bits per heavy atom. The lowest BCUT2D eigenvalue weighted by Crippen LogP contribution is -2.37. The molecule has 104 valence electrons. The van der Waals surface area contributed by atoms with Crippen LogP contribution in [0.4, 0.5) is 0 Å². The highest BCUT2D eigenvalue weighted by molar-refractivity contribution is 5.78. The summed E-state index contributed by atoms with van der Waals surface area (Å²) in [6.07, 6.45) is 6.07. The first-order chi connectivity index (χ1) is 9.28. The van der Waals surface area contributed by atoms with E-state index < -0.39 is 0 Å². The second kappa shape index (κ2) is 7.29. The van der Waals surface area contributed by atoms with Crippen molar-refractivity contribution in [3.63, 3.8) is 0 Å². The minimum Gasteiger partial charge on any atom is -0.351 e. The molecule has 1 fully saturated rings. The van der Waals surface area contributed by atoms with Crippen molar-refractivity contribution in [2.75, 3.05) is 6.54 Å². The van der Waals surface area contributed by atoms with Crippen LogP contribution in [-0.2, 0) is 17.8 Å². The van der Waals surface area contributed by atoms with E-state index in [0.29, 0.717) is 19.1 Å². The maximum Gasteiger partial charge on any atom is 0.234 e. The Morgan fingerprint density at radius 2 is 1.79 bits per heavy atom. The summed E-state index contributed by atoms with van der Waals surface area (Å²) in [4.78, 5) is 11.7. The van der Waals surface area contributed by atoms with Gasteiger partial charge in [0.05, 0.1) is 6.54 Å². The molecule has 1 aliphatic carbocycles. The number of carbonyl (C=O) groups excluding carboxylic acids is 1. The highest BCUT2D eigenvalue weighted by Gasteiger charge is 2.14. The van der Waals surface area contributed by atoms with Crippen molar-refractivity contribution in [1.82, 2.24) is 10.6 Å². The van der Waals surface area contributed by atoms with Crippen LogP contribution in [0.25, 0.3) is 0 Å². The van der Waals surface area contributed by atoms with Crippen molar-refractivity contribution in [2.24, 2.45) is 0 Å². The van der Waals surface area contributed by atoms with E-state index in [2.05, 4.69) is 41.8 Å². The molecule has 0 unspecified atom stereocenters. The quantitative estimate of drug-likeness (QED) is 0.824. The SMILES string of the molecule is CCc1ccc(CNC(=O)CNC2CCCC2)cc1. The van der Waals surface area contributed by atoms with Gasteiger partial charge in [-0.3, -0.25) is 4.79 Å². The predicted molar refractivity (Wildman–Crippen MR) is 77.9 cm³/mol. The van der Waals surface area contributed by atoms with Crippen LogP contribution in [0.15, 0.2) is 24.3 Å². The summed E-state index contributed by atoms with van der Waals surface area (Å²) in [5.74, 6) is 0.0893. The predicted octanol–water partition coefficient (Wildman–Crippen LogP) is 2.40. The first kappa shape index (κ1) is 14.1. The normalized spacial score (nSPS) is 15.6.